The fourth-order valence-electron chi connectivity index (χ4n) is 2.00. The highest BCUT2D eigenvalue weighted by Crippen LogP contribution is 2.24. The van der Waals surface area contributed by atoms with Gasteiger partial charge in [-0.05, 0) is 19.1 Å². The number of nitrogens with zero attached hydrogens (tertiary/aromatic N) is 3. The van der Waals surface area contributed by atoms with Crippen LogP contribution in [0.2, 0.25) is 0 Å². The summed E-state index contributed by atoms with van der Waals surface area (Å²) in [5.41, 5.74) is 8.42. The minimum absolute atomic E-state index is 0.477. The highest BCUT2D eigenvalue weighted by atomic mass is 14.9. The summed E-state index contributed by atoms with van der Waals surface area (Å²) in [6.45, 7) is 1.90. The average molecular weight is 236 g/mol. The molecular weight excluding hydrogens is 224 g/mol. The first-order chi connectivity index (χ1) is 8.74. The Kier molecular flexibility index (Phi) is 2.41. The molecule has 3 aromatic rings. The Morgan fingerprint density at radius 2 is 1.89 bits per heavy atom. The van der Waals surface area contributed by atoms with E-state index >= 15 is 0 Å². The molecule has 0 radical (unpaired) electrons. The molecule has 2 N–H and O–H groups in total. The fraction of sp³-hybridized carbons (Fsp3) is 0.0714. The zero-order chi connectivity index (χ0) is 12.5. The minimum atomic E-state index is 0.477. The van der Waals surface area contributed by atoms with Crippen LogP contribution in [-0.2, 0) is 0 Å². The number of hydrogen-bond acceptors (Lipinski definition) is 4. The number of nitrogens with two attached hydrogens (primary N) is 1. The molecule has 4 nitrogen and oxygen atoms in total. The van der Waals surface area contributed by atoms with Gasteiger partial charge in [0.25, 0.3) is 0 Å². The monoisotopic (exact) mass is 236 g/mol. The SMILES string of the molecule is Cc1cc(N)nc(-c2cccc3cccnc23)n1. The largest absolute Gasteiger partial charge is 0.384 e. The van der Waals surface area contributed by atoms with E-state index in [1.165, 1.54) is 0 Å². The predicted octanol–water partition coefficient (Wildman–Crippen LogP) is 2.58. The van der Waals surface area contributed by atoms with Gasteiger partial charge in [-0.15, -0.1) is 0 Å². The van der Waals surface area contributed by atoms with E-state index in [9.17, 15) is 0 Å². The number of benzene rings is 1. The van der Waals surface area contributed by atoms with Crippen molar-refractivity contribution >= 4 is 16.7 Å². The van der Waals surface area contributed by atoms with Crippen molar-refractivity contribution in [3.05, 3.63) is 48.3 Å². The Labute approximate surface area is 105 Å². The number of aryl methyl sites for hydroxylation is 1. The second-order valence-corrected chi connectivity index (χ2v) is 4.14. The van der Waals surface area contributed by atoms with Crippen LogP contribution in [0.5, 0.6) is 0 Å². The lowest BCUT2D eigenvalue weighted by molar-refractivity contribution is 1.12. The number of anilines is 1. The molecule has 0 aliphatic rings. The number of rotatable bonds is 1. The third-order valence-corrected chi connectivity index (χ3v) is 2.75. The summed E-state index contributed by atoms with van der Waals surface area (Å²) in [7, 11) is 0. The first-order valence-electron chi connectivity index (χ1n) is 5.69. The molecule has 0 spiro atoms. The van der Waals surface area contributed by atoms with Gasteiger partial charge in [0.2, 0.25) is 0 Å². The van der Waals surface area contributed by atoms with Crippen LogP contribution in [-0.4, -0.2) is 15.0 Å². The third kappa shape index (κ3) is 1.78. The van der Waals surface area contributed by atoms with Gasteiger partial charge in [-0.3, -0.25) is 4.98 Å². The quantitative estimate of drug-likeness (QED) is 0.705. The van der Waals surface area contributed by atoms with E-state index in [1.54, 1.807) is 12.3 Å². The molecule has 0 aliphatic heterocycles. The van der Waals surface area contributed by atoms with Crippen molar-refractivity contribution < 1.29 is 0 Å². The van der Waals surface area contributed by atoms with Crippen molar-refractivity contribution in [2.24, 2.45) is 0 Å². The van der Waals surface area contributed by atoms with Crippen LogP contribution in [0.3, 0.4) is 0 Å². The smallest absolute Gasteiger partial charge is 0.163 e. The topological polar surface area (TPSA) is 64.7 Å². The number of pyridine rings is 1. The molecule has 1 aromatic carbocycles. The maximum Gasteiger partial charge on any atom is 0.163 e. The van der Waals surface area contributed by atoms with Gasteiger partial charge in [0, 0.05) is 28.9 Å². The van der Waals surface area contributed by atoms with Crippen molar-refractivity contribution in [2.45, 2.75) is 6.92 Å². The van der Waals surface area contributed by atoms with E-state index in [4.69, 9.17) is 5.73 Å². The summed E-state index contributed by atoms with van der Waals surface area (Å²) in [5, 5.41) is 1.07. The molecule has 2 aromatic heterocycles. The van der Waals surface area contributed by atoms with Gasteiger partial charge in [-0.2, -0.15) is 0 Å². The summed E-state index contributed by atoms with van der Waals surface area (Å²) >= 11 is 0. The van der Waals surface area contributed by atoms with E-state index < -0.39 is 0 Å². The highest BCUT2D eigenvalue weighted by molar-refractivity contribution is 5.91. The molecule has 88 valence electrons. The second-order valence-electron chi connectivity index (χ2n) is 4.14. The van der Waals surface area contributed by atoms with E-state index in [0.29, 0.717) is 11.6 Å². The van der Waals surface area contributed by atoms with Crippen molar-refractivity contribution in [1.82, 2.24) is 15.0 Å². The van der Waals surface area contributed by atoms with E-state index in [-0.39, 0.29) is 0 Å². The first-order valence-corrected chi connectivity index (χ1v) is 5.69. The van der Waals surface area contributed by atoms with Gasteiger partial charge < -0.3 is 5.73 Å². The lowest BCUT2D eigenvalue weighted by Crippen LogP contribution is -1.98. The van der Waals surface area contributed by atoms with Crippen molar-refractivity contribution in [1.29, 1.82) is 0 Å². The normalized spacial score (nSPS) is 10.7. The van der Waals surface area contributed by atoms with Crippen molar-refractivity contribution in [2.75, 3.05) is 5.73 Å². The van der Waals surface area contributed by atoms with Gasteiger partial charge in [0.1, 0.15) is 5.82 Å². The highest BCUT2D eigenvalue weighted by Gasteiger charge is 2.08. The molecular formula is C14H12N4. The summed E-state index contributed by atoms with van der Waals surface area (Å²) in [4.78, 5) is 13.1. The average Bonchev–Trinajstić information content (AvgIpc) is 2.37. The standard InChI is InChI=1S/C14H12N4/c1-9-8-12(15)18-14(17-9)11-6-2-4-10-5-3-7-16-13(10)11/h2-8H,1H3,(H2,15,17,18). The zero-order valence-electron chi connectivity index (χ0n) is 9.96. The molecule has 4 heteroatoms. The number of aromatic nitrogens is 3. The lowest BCUT2D eigenvalue weighted by atomic mass is 10.1. The molecule has 0 fully saturated rings. The maximum absolute atomic E-state index is 5.77. The molecule has 18 heavy (non-hydrogen) atoms. The molecule has 0 atom stereocenters. The third-order valence-electron chi connectivity index (χ3n) is 2.75. The minimum Gasteiger partial charge on any atom is -0.384 e. The summed E-state index contributed by atoms with van der Waals surface area (Å²) in [6, 6.07) is 11.6. The molecule has 0 aliphatic carbocycles. The van der Waals surface area contributed by atoms with Crippen LogP contribution in [0.25, 0.3) is 22.3 Å². The van der Waals surface area contributed by atoms with Gasteiger partial charge in [-0.25, -0.2) is 9.97 Å². The van der Waals surface area contributed by atoms with Gasteiger partial charge in [0.05, 0.1) is 5.52 Å². The Bertz CT molecular complexity index is 696. The molecule has 0 amide bonds. The Morgan fingerprint density at radius 3 is 2.72 bits per heavy atom. The predicted molar refractivity (Wildman–Crippen MR) is 71.9 cm³/mol. The van der Waals surface area contributed by atoms with Gasteiger partial charge in [0.15, 0.2) is 5.82 Å². The Hall–Kier alpha value is -2.49. The fourth-order valence-corrected chi connectivity index (χ4v) is 2.00. The van der Waals surface area contributed by atoms with Crippen LogP contribution < -0.4 is 5.73 Å². The van der Waals surface area contributed by atoms with Crippen LogP contribution in [0.1, 0.15) is 5.69 Å². The van der Waals surface area contributed by atoms with Gasteiger partial charge >= 0.3 is 0 Å². The van der Waals surface area contributed by atoms with E-state index in [2.05, 4.69) is 15.0 Å². The number of hydrogen-bond donors (Lipinski definition) is 1. The first kappa shape index (κ1) is 10.7. The van der Waals surface area contributed by atoms with Crippen LogP contribution in [0, 0.1) is 6.92 Å². The molecule has 0 saturated carbocycles. The number of para-hydroxylation sites is 1. The lowest BCUT2D eigenvalue weighted by Gasteiger charge is -2.06. The summed E-state index contributed by atoms with van der Waals surface area (Å²) < 4.78 is 0. The molecule has 2 heterocycles. The maximum atomic E-state index is 5.77. The number of nitrogen functional groups attached to an aromatic ring is 1. The van der Waals surface area contributed by atoms with Crippen molar-refractivity contribution in [3.63, 3.8) is 0 Å². The van der Waals surface area contributed by atoms with Crippen LogP contribution in [0.15, 0.2) is 42.6 Å². The molecule has 0 unspecified atom stereocenters. The summed E-state index contributed by atoms with van der Waals surface area (Å²) in [5.74, 6) is 1.10. The van der Waals surface area contributed by atoms with Crippen LogP contribution in [0.4, 0.5) is 5.82 Å². The molecule has 0 saturated heterocycles. The van der Waals surface area contributed by atoms with E-state index in [1.807, 2.05) is 37.3 Å². The van der Waals surface area contributed by atoms with Gasteiger partial charge in [-0.1, -0.05) is 18.2 Å². The molecule has 3 rings (SSSR count). The Morgan fingerprint density at radius 1 is 1.06 bits per heavy atom. The zero-order valence-corrected chi connectivity index (χ0v) is 9.96. The number of fused-ring (bicyclic) bond motifs is 1. The van der Waals surface area contributed by atoms with Crippen LogP contribution >= 0.6 is 0 Å². The second kappa shape index (κ2) is 4.07. The molecule has 0 bridgehead atoms. The summed E-state index contributed by atoms with van der Waals surface area (Å²) in [6.07, 6.45) is 1.77. The Balaban J connectivity index is 2.31. The van der Waals surface area contributed by atoms with E-state index in [0.717, 1.165) is 22.2 Å². The van der Waals surface area contributed by atoms with Crippen molar-refractivity contribution in [3.8, 4) is 11.4 Å².